The van der Waals surface area contributed by atoms with Gasteiger partial charge in [0.25, 0.3) is 0 Å². The van der Waals surface area contributed by atoms with Crippen molar-refractivity contribution in [3.8, 4) is 0 Å². The summed E-state index contributed by atoms with van der Waals surface area (Å²) in [5.74, 6) is -0.489. The molecule has 1 rings (SSSR count). The largest absolute Gasteiger partial charge is 0.368 e. The molecule has 0 aromatic carbocycles. The number of carbonyl (C=O) groups is 2. The second kappa shape index (κ2) is 3.96. The van der Waals surface area contributed by atoms with Gasteiger partial charge < -0.3 is 16.0 Å². The molecule has 0 radical (unpaired) electrons. The van der Waals surface area contributed by atoms with E-state index in [1.165, 1.54) is 4.90 Å². The highest BCUT2D eigenvalue weighted by Gasteiger charge is 2.38. The Morgan fingerprint density at radius 2 is 2.21 bits per heavy atom. The van der Waals surface area contributed by atoms with Crippen molar-refractivity contribution in [2.45, 2.75) is 13.3 Å². The van der Waals surface area contributed by atoms with Crippen molar-refractivity contribution in [1.29, 1.82) is 0 Å². The van der Waals surface area contributed by atoms with Gasteiger partial charge in [-0.2, -0.15) is 0 Å². The van der Waals surface area contributed by atoms with Gasteiger partial charge in [0.1, 0.15) is 0 Å². The predicted molar refractivity (Wildman–Crippen MR) is 52.4 cm³/mol. The zero-order valence-electron chi connectivity index (χ0n) is 8.67. The summed E-state index contributed by atoms with van der Waals surface area (Å²) in [5.41, 5.74) is 4.65. The van der Waals surface area contributed by atoms with Crippen molar-refractivity contribution in [2.75, 3.05) is 26.7 Å². The second-order valence-corrected chi connectivity index (χ2v) is 4.11. The van der Waals surface area contributed by atoms with E-state index in [4.69, 9.17) is 5.73 Å². The van der Waals surface area contributed by atoms with Crippen LogP contribution in [0.1, 0.15) is 13.3 Å². The molecule has 80 valence electrons. The SMILES string of the molecule is CN(CC(N)=O)C(=O)C1(C)CCNC1. The third kappa shape index (κ3) is 2.23. The van der Waals surface area contributed by atoms with Crippen LogP contribution in [0.15, 0.2) is 0 Å². The number of carbonyl (C=O) groups excluding carboxylic acids is 2. The molecular weight excluding hydrogens is 182 g/mol. The van der Waals surface area contributed by atoms with Gasteiger partial charge >= 0.3 is 0 Å². The summed E-state index contributed by atoms with van der Waals surface area (Å²) in [7, 11) is 1.61. The van der Waals surface area contributed by atoms with E-state index in [9.17, 15) is 9.59 Å². The minimum Gasteiger partial charge on any atom is -0.368 e. The van der Waals surface area contributed by atoms with Crippen LogP contribution in [0.2, 0.25) is 0 Å². The van der Waals surface area contributed by atoms with Gasteiger partial charge in [-0.25, -0.2) is 0 Å². The highest BCUT2D eigenvalue weighted by molar-refractivity contribution is 5.87. The Morgan fingerprint density at radius 1 is 1.57 bits per heavy atom. The molecule has 5 heteroatoms. The quantitative estimate of drug-likeness (QED) is 0.607. The molecule has 1 unspecified atom stereocenters. The Labute approximate surface area is 83.6 Å². The molecular formula is C9H17N3O2. The van der Waals surface area contributed by atoms with Crippen LogP contribution < -0.4 is 11.1 Å². The van der Waals surface area contributed by atoms with Gasteiger partial charge in [0.15, 0.2) is 0 Å². The van der Waals surface area contributed by atoms with Crippen LogP contribution in [0, 0.1) is 5.41 Å². The molecule has 1 aliphatic heterocycles. The van der Waals surface area contributed by atoms with E-state index < -0.39 is 5.91 Å². The molecule has 1 atom stereocenters. The Bertz CT molecular complexity index is 246. The van der Waals surface area contributed by atoms with E-state index >= 15 is 0 Å². The molecule has 1 saturated heterocycles. The van der Waals surface area contributed by atoms with Crippen molar-refractivity contribution in [3.63, 3.8) is 0 Å². The van der Waals surface area contributed by atoms with Gasteiger partial charge in [-0.1, -0.05) is 0 Å². The number of nitrogens with two attached hydrogens (primary N) is 1. The molecule has 3 N–H and O–H groups in total. The topological polar surface area (TPSA) is 75.4 Å². The Morgan fingerprint density at radius 3 is 2.64 bits per heavy atom. The first-order chi connectivity index (χ1) is 6.46. The molecule has 0 spiro atoms. The van der Waals surface area contributed by atoms with Crippen LogP contribution >= 0.6 is 0 Å². The van der Waals surface area contributed by atoms with Crippen LogP contribution in [-0.2, 0) is 9.59 Å². The van der Waals surface area contributed by atoms with Crippen LogP contribution in [0.4, 0.5) is 0 Å². The summed E-state index contributed by atoms with van der Waals surface area (Å²) >= 11 is 0. The Kier molecular flexibility index (Phi) is 3.10. The number of primary amides is 1. The first-order valence-electron chi connectivity index (χ1n) is 4.70. The molecule has 0 aromatic rings. The van der Waals surface area contributed by atoms with E-state index in [1.807, 2.05) is 6.92 Å². The molecule has 1 fully saturated rings. The number of amides is 2. The van der Waals surface area contributed by atoms with Gasteiger partial charge in [-0.15, -0.1) is 0 Å². The number of nitrogens with one attached hydrogen (secondary N) is 1. The molecule has 0 saturated carbocycles. The Hall–Kier alpha value is -1.10. The highest BCUT2D eigenvalue weighted by atomic mass is 16.2. The lowest BCUT2D eigenvalue weighted by atomic mass is 9.88. The lowest BCUT2D eigenvalue weighted by Gasteiger charge is -2.27. The standard InChI is InChI=1S/C9H17N3O2/c1-9(3-4-11-6-9)8(14)12(2)5-7(10)13/h11H,3-6H2,1-2H3,(H2,10,13). The monoisotopic (exact) mass is 199 g/mol. The second-order valence-electron chi connectivity index (χ2n) is 4.11. The number of hydrogen-bond acceptors (Lipinski definition) is 3. The normalized spacial score (nSPS) is 26.1. The molecule has 0 bridgehead atoms. The molecule has 0 aliphatic carbocycles. The van der Waals surface area contributed by atoms with Gasteiger partial charge in [-0.3, -0.25) is 9.59 Å². The smallest absolute Gasteiger partial charge is 0.237 e. The van der Waals surface area contributed by atoms with Crippen LogP contribution in [0.25, 0.3) is 0 Å². The maximum atomic E-state index is 11.9. The molecule has 5 nitrogen and oxygen atoms in total. The molecule has 1 aliphatic rings. The third-order valence-corrected chi connectivity index (χ3v) is 2.62. The summed E-state index contributed by atoms with van der Waals surface area (Å²) in [6.07, 6.45) is 0.814. The molecule has 0 aromatic heterocycles. The maximum absolute atomic E-state index is 11.9. The van der Waals surface area contributed by atoms with E-state index in [0.717, 1.165) is 13.0 Å². The van der Waals surface area contributed by atoms with Crippen molar-refractivity contribution < 1.29 is 9.59 Å². The zero-order chi connectivity index (χ0) is 10.8. The van der Waals surface area contributed by atoms with Gasteiger partial charge in [0, 0.05) is 13.6 Å². The van der Waals surface area contributed by atoms with Gasteiger partial charge in [0.2, 0.25) is 11.8 Å². The number of hydrogen-bond donors (Lipinski definition) is 2. The number of likely N-dealkylation sites (N-methyl/N-ethyl adjacent to an activating group) is 1. The lowest BCUT2D eigenvalue weighted by Crippen LogP contribution is -2.44. The summed E-state index contributed by atoms with van der Waals surface area (Å²) < 4.78 is 0. The molecule has 2 amide bonds. The van der Waals surface area contributed by atoms with Crippen LogP contribution in [-0.4, -0.2) is 43.4 Å². The predicted octanol–water partition coefficient (Wildman–Crippen LogP) is -1.07. The molecule has 1 heterocycles. The summed E-state index contributed by atoms with van der Waals surface area (Å²) in [4.78, 5) is 23.9. The first-order valence-corrected chi connectivity index (χ1v) is 4.70. The number of nitrogens with zero attached hydrogens (tertiary/aromatic N) is 1. The summed E-state index contributed by atoms with van der Waals surface area (Å²) in [6.45, 7) is 3.43. The maximum Gasteiger partial charge on any atom is 0.237 e. The Balaban J connectivity index is 2.59. The lowest BCUT2D eigenvalue weighted by molar-refractivity contribution is -0.141. The van der Waals surface area contributed by atoms with Crippen LogP contribution in [0.3, 0.4) is 0 Å². The fourth-order valence-electron chi connectivity index (χ4n) is 1.77. The minimum absolute atomic E-state index is 0.00553. The van der Waals surface area contributed by atoms with Crippen molar-refractivity contribution in [1.82, 2.24) is 10.2 Å². The molecule has 14 heavy (non-hydrogen) atoms. The zero-order valence-corrected chi connectivity index (χ0v) is 8.67. The van der Waals surface area contributed by atoms with Gasteiger partial charge in [0.05, 0.1) is 12.0 Å². The van der Waals surface area contributed by atoms with E-state index in [2.05, 4.69) is 5.32 Å². The van der Waals surface area contributed by atoms with E-state index in [0.29, 0.717) is 6.54 Å². The van der Waals surface area contributed by atoms with Crippen LogP contribution in [0.5, 0.6) is 0 Å². The van der Waals surface area contributed by atoms with E-state index in [-0.39, 0.29) is 17.9 Å². The van der Waals surface area contributed by atoms with Crippen molar-refractivity contribution in [2.24, 2.45) is 11.1 Å². The van der Waals surface area contributed by atoms with Crippen molar-refractivity contribution in [3.05, 3.63) is 0 Å². The number of rotatable bonds is 3. The average molecular weight is 199 g/mol. The summed E-state index contributed by atoms with van der Waals surface area (Å²) in [6, 6.07) is 0. The third-order valence-electron chi connectivity index (χ3n) is 2.62. The average Bonchev–Trinajstić information content (AvgIpc) is 2.51. The van der Waals surface area contributed by atoms with E-state index in [1.54, 1.807) is 7.05 Å². The van der Waals surface area contributed by atoms with Crippen molar-refractivity contribution >= 4 is 11.8 Å². The fourth-order valence-corrected chi connectivity index (χ4v) is 1.77. The summed E-state index contributed by atoms with van der Waals surface area (Å²) in [5, 5.41) is 3.14. The fraction of sp³-hybridized carbons (Fsp3) is 0.778. The minimum atomic E-state index is -0.476. The first kappa shape index (κ1) is 11.0. The van der Waals surface area contributed by atoms with Gasteiger partial charge in [-0.05, 0) is 19.9 Å². The highest BCUT2D eigenvalue weighted by Crippen LogP contribution is 2.26.